The van der Waals surface area contributed by atoms with E-state index in [0.29, 0.717) is 0 Å². The van der Waals surface area contributed by atoms with E-state index in [0.717, 1.165) is 0 Å². The van der Waals surface area contributed by atoms with Crippen molar-refractivity contribution in [1.29, 1.82) is 0 Å². The average Bonchev–Trinajstić information content (AvgIpc) is 2.56. The Morgan fingerprint density at radius 1 is 0.857 bits per heavy atom. The molecule has 0 fully saturated rings. The second kappa shape index (κ2) is 11.5. The van der Waals surface area contributed by atoms with Crippen LogP contribution >= 0.6 is 0 Å². The zero-order valence-electron chi connectivity index (χ0n) is 15.4. The Hall–Kier alpha value is -3.22. The maximum absolute atomic E-state index is 12.2. The SMILES string of the molecule is CC(NC(=O)C(CCC(=O)O)NC(=O)C(C)NC(=O)C(N)CC(N)=O)C(=O)O. The number of carbonyl (C=O) groups excluding carboxylic acids is 4. The van der Waals surface area contributed by atoms with Gasteiger partial charge in [0.1, 0.15) is 18.1 Å². The fourth-order valence-electron chi connectivity index (χ4n) is 1.90. The van der Waals surface area contributed by atoms with Crippen molar-refractivity contribution in [3.63, 3.8) is 0 Å². The molecule has 13 nitrogen and oxygen atoms in total. The van der Waals surface area contributed by atoms with E-state index in [1.807, 2.05) is 0 Å². The van der Waals surface area contributed by atoms with Crippen molar-refractivity contribution < 1.29 is 39.0 Å². The van der Waals surface area contributed by atoms with Gasteiger partial charge >= 0.3 is 11.9 Å². The molecule has 0 radical (unpaired) electrons. The summed E-state index contributed by atoms with van der Waals surface area (Å²) in [7, 11) is 0. The Bertz CT molecular complexity index is 638. The molecule has 9 N–H and O–H groups in total. The lowest BCUT2D eigenvalue weighted by Crippen LogP contribution is -2.56. The lowest BCUT2D eigenvalue weighted by molar-refractivity contribution is -0.142. The summed E-state index contributed by atoms with van der Waals surface area (Å²) in [4.78, 5) is 68.5. The van der Waals surface area contributed by atoms with Crippen LogP contribution in [0.25, 0.3) is 0 Å². The maximum Gasteiger partial charge on any atom is 0.325 e. The molecular weight excluding hydrogens is 378 g/mol. The molecule has 0 spiro atoms. The molecule has 0 aromatic heterocycles. The number of aliphatic carboxylic acids is 2. The third-order valence-corrected chi connectivity index (χ3v) is 3.52. The lowest BCUT2D eigenvalue weighted by atomic mass is 10.1. The number of carboxylic acid groups (broad SMARTS) is 2. The molecule has 0 saturated carbocycles. The number of carboxylic acids is 2. The van der Waals surface area contributed by atoms with Gasteiger partial charge in [-0.05, 0) is 20.3 Å². The van der Waals surface area contributed by atoms with E-state index in [-0.39, 0.29) is 6.42 Å². The van der Waals surface area contributed by atoms with Crippen molar-refractivity contribution >= 4 is 35.6 Å². The lowest BCUT2D eigenvalue weighted by Gasteiger charge is -2.22. The first kappa shape index (κ1) is 24.8. The summed E-state index contributed by atoms with van der Waals surface area (Å²) in [5.74, 6) is -5.91. The van der Waals surface area contributed by atoms with Gasteiger partial charge in [0, 0.05) is 6.42 Å². The van der Waals surface area contributed by atoms with E-state index in [2.05, 4.69) is 16.0 Å². The highest BCUT2D eigenvalue weighted by Gasteiger charge is 2.28. The minimum Gasteiger partial charge on any atom is -0.481 e. The van der Waals surface area contributed by atoms with Gasteiger partial charge in [-0.1, -0.05) is 0 Å². The van der Waals surface area contributed by atoms with Gasteiger partial charge in [0.25, 0.3) is 0 Å². The topological polar surface area (TPSA) is 231 Å². The summed E-state index contributed by atoms with van der Waals surface area (Å²) in [6.45, 7) is 2.47. The van der Waals surface area contributed by atoms with E-state index < -0.39 is 72.6 Å². The van der Waals surface area contributed by atoms with Crippen LogP contribution in [-0.2, 0) is 28.8 Å². The average molecular weight is 403 g/mol. The first-order chi connectivity index (χ1) is 12.8. The molecule has 4 atom stereocenters. The van der Waals surface area contributed by atoms with Crippen molar-refractivity contribution in [3.8, 4) is 0 Å². The number of nitrogens with two attached hydrogens (primary N) is 2. The van der Waals surface area contributed by atoms with Crippen molar-refractivity contribution in [3.05, 3.63) is 0 Å². The Labute approximate surface area is 160 Å². The number of primary amides is 1. The van der Waals surface area contributed by atoms with Gasteiger partial charge in [-0.3, -0.25) is 28.8 Å². The van der Waals surface area contributed by atoms with Crippen molar-refractivity contribution in [2.45, 2.75) is 57.3 Å². The van der Waals surface area contributed by atoms with Crippen LogP contribution in [0, 0.1) is 0 Å². The number of hydrogen-bond donors (Lipinski definition) is 7. The van der Waals surface area contributed by atoms with Crippen LogP contribution in [0.15, 0.2) is 0 Å². The fourth-order valence-corrected chi connectivity index (χ4v) is 1.90. The van der Waals surface area contributed by atoms with E-state index in [4.69, 9.17) is 21.7 Å². The van der Waals surface area contributed by atoms with E-state index in [1.54, 1.807) is 0 Å². The molecule has 13 heteroatoms. The largest absolute Gasteiger partial charge is 0.481 e. The molecule has 0 rings (SSSR count). The monoisotopic (exact) mass is 403 g/mol. The summed E-state index contributed by atoms with van der Waals surface area (Å²) in [5, 5.41) is 24.2. The van der Waals surface area contributed by atoms with Crippen LogP contribution in [0.1, 0.15) is 33.1 Å². The van der Waals surface area contributed by atoms with Gasteiger partial charge in [0.05, 0.1) is 12.5 Å². The quantitative estimate of drug-likeness (QED) is 0.172. The maximum atomic E-state index is 12.2. The zero-order valence-corrected chi connectivity index (χ0v) is 15.4. The molecule has 0 aliphatic heterocycles. The van der Waals surface area contributed by atoms with Gasteiger partial charge in [-0.2, -0.15) is 0 Å². The van der Waals surface area contributed by atoms with Crippen LogP contribution in [0.5, 0.6) is 0 Å². The highest BCUT2D eigenvalue weighted by Crippen LogP contribution is 2.01. The van der Waals surface area contributed by atoms with Crippen LogP contribution < -0.4 is 27.4 Å². The number of carbonyl (C=O) groups is 6. The van der Waals surface area contributed by atoms with Gasteiger partial charge in [-0.15, -0.1) is 0 Å². The summed E-state index contributed by atoms with van der Waals surface area (Å²) >= 11 is 0. The van der Waals surface area contributed by atoms with Gasteiger partial charge in [0.2, 0.25) is 23.6 Å². The van der Waals surface area contributed by atoms with Crippen LogP contribution in [0.3, 0.4) is 0 Å². The molecule has 0 saturated heterocycles. The normalized spacial score (nSPS) is 14.7. The van der Waals surface area contributed by atoms with Crippen molar-refractivity contribution in [2.75, 3.05) is 0 Å². The van der Waals surface area contributed by atoms with Crippen molar-refractivity contribution in [2.24, 2.45) is 11.5 Å². The highest BCUT2D eigenvalue weighted by molar-refractivity contribution is 5.94. The molecule has 0 bridgehead atoms. The number of hydrogen-bond acceptors (Lipinski definition) is 7. The Kier molecular flexibility index (Phi) is 10.2. The number of rotatable bonds is 12. The molecule has 0 aliphatic carbocycles. The third kappa shape index (κ3) is 9.47. The Morgan fingerprint density at radius 2 is 1.39 bits per heavy atom. The smallest absolute Gasteiger partial charge is 0.325 e. The summed E-state index contributed by atoms with van der Waals surface area (Å²) in [6.07, 6.45) is -1.21. The standard InChI is InChI=1S/C15H25N5O8/c1-6(18-13(25)8(16)5-10(17)21)12(24)20-9(3-4-11(22)23)14(26)19-7(2)15(27)28/h6-9H,3-5,16H2,1-2H3,(H2,17,21)(H,18,25)(H,19,26)(H,20,24)(H,22,23)(H,27,28). The van der Waals surface area contributed by atoms with E-state index >= 15 is 0 Å². The predicted molar refractivity (Wildman–Crippen MR) is 93.4 cm³/mol. The molecular formula is C15H25N5O8. The second-order valence-corrected chi connectivity index (χ2v) is 6.07. The predicted octanol–water partition coefficient (Wildman–Crippen LogP) is -3.37. The molecule has 28 heavy (non-hydrogen) atoms. The molecule has 0 heterocycles. The number of amides is 4. The minimum absolute atomic E-state index is 0.304. The Balaban J connectivity index is 4.98. The van der Waals surface area contributed by atoms with Gasteiger partial charge in [0.15, 0.2) is 0 Å². The van der Waals surface area contributed by atoms with Crippen LogP contribution in [-0.4, -0.2) is 69.9 Å². The minimum atomic E-state index is -1.34. The first-order valence-corrected chi connectivity index (χ1v) is 8.24. The first-order valence-electron chi connectivity index (χ1n) is 8.24. The molecule has 4 amide bonds. The van der Waals surface area contributed by atoms with E-state index in [1.165, 1.54) is 13.8 Å². The number of nitrogens with one attached hydrogen (secondary N) is 3. The van der Waals surface area contributed by atoms with Crippen LogP contribution in [0.2, 0.25) is 0 Å². The van der Waals surface area contributed by atoms with Crippen LogP contribution in [0.4, 0.5) is 0 Å². The molecule has 158 valence electrons. The summed E-state index contributed by atoms with van der Waals surface area (Å²) in [5.41, 5.74) is 10.4. The molecule has 4 unspecified atom stereocenters. The molecule has 0 aromatic rings. The third-order valence-electron chi connectivity index (χ3n) is 3.52. The zero-order chi connectivity index (χ0) is 22.0. The van der Waals surface area contributed by atoms with Gasteiger partial charge < -0.3 is 37.6 Å². The molecule has 0 aromatic carbocycles. The molecule has 0 aliphatic rings. The summed E-state index contributed by atoms with van der Waals surface area (Å²) < 4.78 is 0. The highest BCUT2D eigenvalue weighted by atomic mass is 16.4. The summed E-state index contributed by atoms with van der Waals surface area (Å²) in [6, 6.07) is -5.05. The second-order valence-electron chi connectivity index (χ2n) is 6.07. The van der Waals surface area contributed by atoms with Crippen molar-refractivity contribution in [1.82, 2.24) is 16.0 Å². The Morgan fingerprint density at radius 3 is 1.86 bits per heavy atom. The van der Waals surface area contributed by atoms with Gasteiger partial charge in [-0.25, -0.2) is 0 Å². The fraction of sp³-hybridized carbons (Fsp3) is 0.600. The van der Waals surface area contributed by atoms with E-state index in [9.17, 15) is 28.8 Å².